The predicted octanol–water partition coefficient (Wildman–Crippen LogP) is 3.20. The first-order chi connectivity index (χ1) is 11.7. The maximum Gasteiger partial charge on any atom is 0.203 e. The quantitative estimate of drug-likeness (QED) is 0.826. The Morgan fingerprint density at radius 2 is 1.38 bits per heavy atom. The lowest BCUT2D eigenvalue weighted by atomic mass is 9.84. The van der Waals surface area contributed by atoms with Crippen molar-refractivity contribution in [2.75, 3.05) is 47.6 Å². The second-order valence-corrected chi connectivity index (χ2v) is 6.69. The first kappa shape index (κ1) is 17.4. The summed E-state index contributed by atoms with van der Waals surface area (Å²) in [5.41, 5.74) is 1.13. The molecule has 2 heterocycles. The molecule has 2 aliphatic heterocycles. The van der Waals surface area contributed by atoms with Crippen molar-refractivity contribution in [3.63, 3.8) is 0 Å². The van der Waals surface area contributed by atoms with Gasteiger partial charge in [-0.25, -0.2) is 0 Å². The van der Waals surface area contributed by atoms with Gasteiger partial charge in [0.05, 0.1) is 40.1 Å². The molecule has 0 spiro atoms. The van der Waals surface area contributed by atoms with Crippen LogP contribution in [0.1, 0.15) is 37.7 Å². The fraction of sp³-hybridized carbons (Fsp3) is 0.684. The molecule has 0 N–H and O–H groups in total. The lowest BCUT2D eigenvalue weighted by Crippen LogP contribution is -2.60. The standard InChI is InChI=1S/C19H29NO4/c1-21-16-11-15(12-17(22-2)18(16)23-3)19(13-24-14-19)20-9-7-5-4-6-8-10-20/h11-12H,4-10,13-14H2,1-3H3. The van der Waals surface area contributed by atoms with E-state index in [1.807, 2.05) is 0 Å². The van der Waals surface area contributed by atoms with Gasteiger partial charge in [0.2, 0.25) is 5.75 Å². The third-order valence-corrected chi connectivity index (χ3v) is 5.35. The van der Waals surface area contributed by atoms with Crippen LogP contribution in [-0.2, 0) is 10.3 Å². The Morgan fingerprint density at radius 3 is 1.79 bits per heavy atom. The van der Waals surface area contributed by atoms with Gasteiger partial charge in [-0.1, -0.05) is 19.3 Å². The second kappa shape index (κ2) is 7.62. The molecule has 0 unspecified atom stereocenters. The van der Waals surface area contributed by atoms with Gasteiger partial charge in [0.25, 0.3) is 0 Å². The molecule has 2 fully saturated rings. The highest BCUT2D eigenvalue weighted by Crippen LogP contribution is 2.45. The molecular formula is C19H29NO4. The van der Waals surface area contributed by atoms with E-state index >= 15 is 0 Å². The molecule has 0 amide bonds. The predicted molar refractivity (Wildman–Crippen MR) is 93.3 cm³/mol. The summed E-state index contributed by atoms with van der Waals surface area (Å²) < 4.78 is 22.2. The van der Waals surface area contributed by atoms with E-state index < -0.39 is 0 Å². The fourth-order valence-corrected chi connectivity index (χ4v) is 3.85. The van der Waals surface area contributed by atoms with Crippen molar-refractivity contribution in [1.82, 2.24) is 4.90 Å². The summed E-state index contributed by atoms with van der Waals surface area (Å²) in [6.07, 6.45) is 6.52. The molecule has 0 atom stereocenters. The van der Waals surface area contributed by atoms with E-state index in [4.69, 9.17) is 18.9 Å². The van der Waals surface area contributed by atoms with Gasteiger partial charge in [-0.15, -0.1) is 0 Å². The van der Waals surface area contributed by atoms with Gasteiger partial charge in [0.1, 0.15) is 0 Å². The van der Waals surface area contributed by atoms with Crippen molar-refractivity contribution in [3.05, 3.63) is 17.7 Å². The molecule has 5 nitrogen and oxygen atoms in total. The minimum atomic E-state index is -0.0653. The van der Waals surface area contributed by atoms with Gasteiger partial charge >= 0.3 is 0 Å². The fourth-order valence-electron chi connectivity index (χ4n) is 3.85. The van der Waals surface area contributed by atoms with Gasteiger partial charge in [0, 0.05) is 0 Å². The van der Waals surface area contributed by atoms with Crippen molar-refractivity contribution in [2.45, 2.75) is 37.6 Å². The highest BCUT2D eigenvalue weighted by molar-refractivity contribution is 5.55. The summed E-state index contributed by atoms with van der Waals surface area (Å²) in [6, 6.07) is 4.17. The number of methoxy groups -OCH3 is 3. The Kier molecular flexibility index (Phi) is 5.51. The Labute approximate surface area is 144 Å². The molecule has 1 aromatic rings. The van der Waals surface area contributed by atoms with E-state index in [1.54, 1.807) is 21.3 Å². The number of ether oxygens (including phenoxy) is 4. The molecule has 2 aliphatic rings. The van der Waals surface area contributed by atoms with Crippen LogP contribution in [0.3, 0.4) is 0 Å². The molecule has 5 heteroatoms. The van der Waals surface area contributed by atoms with Crippen LogP contribution in [0.15, 0.2) is 12.1 Å². The van der Waals surface area contributed by atoms with Crippen molar-refractivity contribution in [2.24, 2.45) is 0 Å². The van der Waals surface area contributed by atoms with Crippen LogP contribution >= 0.6 is 0 Å². The number of nitrogens with zero attached hydrogens (tertiary/aromatic N) is 1. The molecule has 3 rings (SSSR count). The molecule has 0 radical (unpaired) electrons. The smallest absolute Gasteiger partial charge is 0.203 e. The van der Waals surface area contributed by atoms with Crippen LogP contribution in [0.5, 0.6) is 17.2 Å². The second-order valence-electron chi connectivity index (χ2n) is 6.69. The Balaban J connectivity index is 1.97. The maximum absolute atomic E-state index is 5.67. The summed E-state index contributed by atoms with van der Waals surface area (Å²) in [7, 11) is 4.98. The molecule has 2 saturated heterocycles. The van der Waals surface area contributed by atoms with E-state index in [-0.39, 0.29) is 5.54 Å². The zero-order valence-electron chi connectivity index (χ0n) is 15.1. The lowest BCUT2D eigenvalue weighted by molar-refractivity contribution is -0.148. The summed E-state index contributed by atoms with van der Waals surface area (Å²) in [4.78, 5) is 2.61. The number of rotatable bonds is 5. The van der Waals surface area contributed by atoms with E-state index in [9.17, 15) is 0 Å². The zero-order chi connectivity index (χ0) is 17.0. The van der Waals surface area contributed by atoms with Crippen LogP contribution in [0.4, 0.5) is 0 Å². The van der Waals surface area contributed by atoms with Gasteiger partial charge in [-0.2, -0.15) is 0 Å². The first-order valence-corrected chi connectivity index (χ1v) is 8.88. The normalized spacial score (nSPS) is 21.3. The lowest BCUT2D eigenvalue weighted by Gasteiger charge is -2.50. The summed E-state index contributed by atoms with van der Waals surface area (Å²) in [6.45, 7) is 3.71. The molecular weight excluding hydrogens is 306 g/mol. The largest absolute Gasteiger partial charge is 0.493 e. The van der Waals surface area contributed by atoms with Crippen LogP contribution in [-0.4, -0.2) is 52.5 Å². The minimum absolute atomic E-state index is 0.0653. The monoisotopic (exact) mass is 335 g/mol. The Bertz CT molecular complexity index is 523. The van der Waals surface area contributed by atoms with E-state index in [2.05, 4.69) is 17.0 Å². The molecule has 134 valence electrons. The van der Waals surface area contributed by atoms with E-state index in [0.29, 0.717) is 17.2 Å². The number of likely N-dealkylation sites (tertiary alicyclic amines) is 1. The summed E-state index contributed by atoms with van der Waals surface area (Å²) >= 11 is 0. The SMILES string of the molecule is COc1cc(C2(N3CCCCCCC3)COC2)cc(OC)c1OC. The first-order valence-electron chi connectivity index (χ1n) is 8.88. The van der Waals surface area contributed by atoms with Crippen LogP contribution in [0.25, 0.3) is 0 Å². The third kappa shape index (κ3) is 3.07. The molecule has 0 bridgehead atoms. The topological polar surface area (TPSA) is 40.2 Å². The van der Waals surface area contributed by atoms with Crippen molar-refractivity contribution < 1.29 is 18.9 Å². The van der Waals surface area contributed by atoms with Crippen LogP contribution in [0, 0.1) is 0 Å². The van der Waals surface area contributed by atoms with Crippen molar-refractivity contribution >= 4 is 0 Å². The third-order valence-electron chi connectivity index (χ3n) is 5.35. The molecule has 0 aliphatic carbocycles. The molecule has 1 aromatic carbocycles. The zero-order valence-corrected chi connectivity index (χ0v) is 15.1. The molecule has 0 aromatic heterocycles. The van der Waals surface area contributed by atoms with Crippen molar-refractivity contribution in [3.8, 4) is 17.2 Å². The molecule has 24 heavy (non-hydrogen) atoms. The van der Waals surface area contributed by atoms with E-state index in [1.165, 1.54) is 37.7 Å². The average Bonchev–Trinajstić information content (AvgIpc) is 2.54. The van der Waals surface area contributed by atoms with Crippen molar-refractivity contribution in [1.29, 1.82) is 0 Å². The number of hydrogen-bond donors (Lipinski definition) is 0. The highest BCUT2D eigenvalue weighted by atomic mass is 16.5. The van der Waals surface area contributed by atoms with Crippen LogP contribution in [0.2, 0.25) is 0 Å². The minimum Gasteiger partial charge on any atom is -0.493 e. The summed E-state index contributed by atoms with van der Waals surface area (Å²) in [5.74, 6) is 2.07. The number of benzene rings is 1. The van der Waals surface area contributed by atoms with Gasteiger partial charge in [-0.3, -0.25) is 4.90 Å². The van der Waals surface area contributed by atoms with Gasteiger partial charge in [0.15, 0.2) is 11.5 Å². The average molecular weight is 335 g/mol. The van der Waals surface area contributed by atoms with Gasteiger partial charge < -0.3 is 18.9 Å². The highest BCUT2D eigenvalue weighted by Gasteiger charge is 2.46. The Morgan fingerprint density at radius 1 is 0.833 bits per heavy atom. The maximum atomic E-state index is 5.67. The van der Waals surface area contributed by atoms with Gasteiger partial charge in [-0.05, 0) is 43.6 Å². The Hall–Kier alpha value is -1.46. The summed E-state index contributed by atoms with van der Waals surface area (Å²) in [5, 5.41) is 0. The van der Waals surface area contributed by atoms with E-state index in [0.717, 1.165) is 26.3 Å². The number of hydrogen-bond acceptors (Lipinski definition) is 5. The molecule has 0 saturated carbocycles. The van der Waals surface area contributed by atoms with Crippen LogP contribution < -0.4 is 14.2 Å².